The fourth-order valence-corrected chi connectivity index (χ4v) is 2.10. The molecule has 2 rings (SSSR count). The summed E-state index contributed by atoms with van der Waals surface area (Å²) in [6.45, 7) is 6.92. The van der Waals surface area contributed by atoms with Crippen LogP contribution in [0.4, 0.5) is 4.39 Å². The van der Waals surface area contributed by atoms with Crippen LogP contribution in [-0.2, 0) is 9.53 Å². The van der Waals surface area contributed by atoms with Crippen LogP contribution in [0.1, 0.15) is 43.3 Å². The average molecular weight is 321 g/mol. The maximum Gasteiger partial charge on any atom is 0.375 e. The molecular weight excluding hydrogens is 301 g/mol. The number of amides is 1. The van der Waals surface area contributed by atoms with E-state index in [9.17, 15) is 14.0 Å². The van der Waals surface area contributed by atoms with Crippen molar-refractivity contribution in [1.29, 1.82) is 0 Å². The Morgan fingerprint density at radius 3 is 2.65 bits per heavy atom. The van der Waals surface area contributed by atoms with Crippen molar-refractivity contribution in [2.75, 3.05) is 6.61 Å². The number of carbonyl (C=O) groups excluding carboxylic acids is 2. The average Bonchev–Trinajstić information content (AvgIpc) is 2.83. The van der Waals surface area contributed by atoms with Gasteiger partial charge in [-0.2, -0.15) is 0 Å². The minimum absolute atomic E-state index is 0.00789. The Labute approximate surface area is 133 Å². The maximum atomic E-state index is 13.7. The topological polar surface area (TPSA) is 68.5 Å². The highest BCUT2D eigenvalue weighted by atomic mass is 19.1. The summed E-state index contributed by atoms with van der Waals surface area (Å²) in [7, 11) is 0. The first-order chi connectivity index (χ1) is 10.7. The van der Waals surface area contributed by atoms with Crippen molar-refractivity contribution in [3.05, 3.63) is 35.3 Å². The van der Waals surface area contributed by atoms with Crippen molar-refractivity contribution in [2.24, 2.45) is 0 Å². The quantitative estimate of drug-likeness (QED) is 0.858. The van der Waals surface area contributed by atoms with Crippen LogP contribution in [0.15, 0.2) is 22.6 Å². The van der Waals surface area contributed by atoms with E-state index in [0.29, 0.717) is 10.9 Å². The molecule has 124 valence electrons. The van der Waals surface area contributed by atoms with E-state index in [-0.39, 0.29) is 16.9 Å². The first kappa shape index (κ1) is 17.0. The van der Waals surface area contributed by atoms with E-state index < -0.39 is 24.3 Å². The van der Waals surface area contributed by atoms with Crippen LogP contribution in [0, 0.1) is 12.7 Å². The Hall–Kier alpha value is -2.37. The standard InChI is InChI=1S/C17H20FNO4/c1-5-17(3,4)19-13(20)9-22-16(21)14-10(2)11-7-6-8-12(18)15(11)23-14/h6-8H,5,9H2,1-4H3,(H,19,20). The lowest BCUT2D eigenvalue weighted by molar-refractivity contribution is -0.125. The fourth-order valence-electron chi connectivity index (χ4n) is 2.10. The number of fused-ring (bicyclic) bond motifs is 1. The largest absolute Gasteiger partial charge is 0.450 e. The first-order valence-electron chi connectivity index (χ1n) is 7.41. The number of nitrogens with one attached hydrogen (secondary N) is 1. The summed E-state index contributed by atoms with van der Waals surface area (Å²) in [5, 5.41) is 3.26. The van der Waals surface area contributed by atoms with Gasteiger partial charge in [0.15, 0.2) is 18.0 Å². The third-order valence-electron chi connectivity index (χ3n) is 3.80. The molecule has 1 aromatic heterocycles. The number of hydrogen-bond acceptors (Lipinski definition) is 4. The van der Waals surface area contributed by atoms with Gasteiger partial charge in [0.25, 0.3) is 5.91 Å². The molecule has 0 aliphatic carbocycles. The molecule has 0 aliphatic rings. The number of aryl methyl sites for hydroxylation is 1. The molecule has 0 fully saturated rings. The number of carbonyl (C=O) groups is 2. The molecule has 5 nitrogen and oxygen atoms in total. The van der Waals surface area contributed by atoms with Crippen LogP contribution < -0.4 is 5.32 Å². The predicted octanol–water partition coefficient (Wildman–Crippen LogP) is 3.34. The molecule has 0 saturated carbocycles. The van der Waals surface area contributed by atoms with E-state index in [2.05, 4.69) is 5.32 Å². The summed E-state index contributed by atoms with van der Waals surface area (Å²) in [6, 6.07) is 4.45. The number of rotatable bonds is 5. The zero-order valence-electron chi connectivity index (χ0n) is 13.7. The van der Waals surface area contributed by atoms with Gasteiger partial charge < -0.3 is 14.5 Å². The maximum absolute atomic E-state index is 13.7. The molecule has 23 heavy (non-hydrogen) atoms. The number of hydrogen-bond donors (Lipinski definition) is 1. The van der Waals surface area contributed by atoms with Gasteiger partial charge in [0.05, 0.1) is 0 Å². The normalized spacial score (nSPS) is 11.5. The number of ether oxygens (including phenoxy) is 1. The predicted molar refractivity (Wildman–Crippen MR) is 83.7 cm³/mol. The Balaban J connectivity index is 2.09. The van der Waals surface area contributed by atoms with Crippen LogP contribution in [0.25, 0.3) is 11.0 Å². The molecule has 1 N–H and O–H groups in total. The number of furan rings is 1. The van der Waals surface area contributed by atoms with Gasteiger partial charge in [0, 0.05) is 16.5 Å². The Kier molecular flexibility index (Phi) is 4.73. The SMILES string of the molecule is CCC(C)(C)NC(=O)COC(=O)c1oc2c(F)cccc2c1C. The van der Waals surface area contributed by atoms with Gasteiger partial charge in [-0.3, -0.25) is 4.79 Å². The van der Waals surface area contributed by atoms with Gasteiger partial charge in [-0.05, 0) is 33.3 Å². The molecule has 1 amide bonds. The van der Waals surface area contributed by atoms with Gasteiger partial charge in [-0.15, -0.1) is 0 Å². The monoisotopic (exact) mass is 321 g/mol. The van der Waals surface area contributed by atoms with Gasteiger partial charge >= 0.3 is 5.97 Å². The molecule has 0 saturated heterocycles. The summed E-state index contributed by atoms with van der Waals surface area (Å²) >= 11 is 0. The van der Waals surface area contributed by atoms with E-state index in [1.165, 1.54) is 12.1 Å². The molecule has 0 unspecified atom stereocenters. The second kappa shape index (κ2) is 6.40. The second-order valence-corrected chi connectivity index (χ2v) is 6.03. The Morgan fingerprint density at radius 2 is 2.04 bits per heavy atom. The molecular formula is C17H20FNO4. The van der Waals surface area contributed by atoms with Crippen LogP contribution in [0.2, 0.25) is 0 Å². The molecule has 0 aliphatic heterocycles. The van der Waals surface area contributed by atoms with E-state index in [4.69, 9.17) is 9.15 Å². The molecule has 6 heteroatoms. The van der Waals surface area contributed by atoms with Crippen molar-refractivity contribution < 1.29 is 23.1 Å². The highest BCUT2D eigenvalue weighted by molar-refractivity contribution is 5.96. The molecule has 1 aromatic carbocycles. The lowest BCUT2D eigenvalue weighted by Crippen LogP contribution is -2.44. The van der Waals surface area contributed by atoms with E-state index in [1.807, 2.05) is 20.8 Å². The third kappa shape index (κ3) is 3.70. The van der Waals surface area contributed by atoms with E-state index in [1.54, 1.807) is 13.0 Å². The molecule has 0 spiro atoms. The highest BCUT2D eigenvalue weighted by Gasteiger charge is 2.23. The van der Waals surface area contributed by atoms with Crippen LogP contribution >= 0.6 is 0 Å². The molecule has 0 atom stereocenters. The van der Waals surface area contributed by atoms with Crippen molar-refractivity contribution in [1.82, 2.24) is 5.32 Å². The molecule has 1 heterocycles. The zero-order valence-corrected chi connectivity index (χ0v) is 13.7. The van der Waals surface area contributed by atoms with Crippen molar-refractivity contribution >= 4 is 22.8 Å². The van der Waals surface area contributed by atoms with E-state index >= 15 is 0 Å². The molecule has 2 aromatic rings. The van der Waals surface area contributed by atoms with Crippen LogP contribution in [-0.4, -0.2) is 24.0 Å². The van der Waals surface area contributed by atoms with Crippen molar-refractivity contribution in [3.63, 3.8) is 0 Å². The second-order valence-electron chi connectivity index (χ2n) is 6.03. The minimum atomic E-state index is -0.789. The molecule has 0 radical (unpaired) electrons. The zero-order chi connectivity index (χ0) is 17.2. The number of esters is 1. The minimum Gasteiger partial charge on any atom is -0.450 e. The summed E-state index contributed by atoms with van der Waals surface area (Å²) in [6.07, 6.45) is 0.745. The lowest BCUT2D eigenvalue weighted by atomic mass is 10.0. The highest BCUT2D eigenvalue weighted by Crippen LogP contribution is 2.27. The molecule has 0 bridgehead atoms. The summed E-state index contributed by atoms with van der Waals surface area (Å²) in [5.74, 6) is -1.83. The van der Waals surface area contributed by atoms with Crippen molar-refractivity contribution in [3.8, 4) is 0 Å². The Bertz CT molecular complexity index is 748. The third-order valence-corrected chi connectivity index (χ3v) is 3.80. The van der Waals surface area contributed by atoms with E-state index in [0.717, 1.165) is 6.42 Å². The lowest BCUT2D eigenvalue weighted by Gasteiger charge is -2.24. The summed E-state index contributed by atoms with van der Waals surface area (Å²) in [5.41, 5.74) is 0.120. The summed E-state index contributed by atoms with van der Waals surface area (Å²) in [4.78, 5) is 23.9. The fraction of sp³-hybridized carbons (Fsp3) is 0.412. The number of benzene rings is 1. The van der Waals surface area contributed by atoms with Gasteiger partial charge in [0.2, 0.25) is 5.76 Å². The van der Waals surface area contributed by atoms with Gasteiger partial charge in [-0.25, -0.2) is 9.18 Å². The van der Waals surface area contributed by atoms with Gasteiger partial charge in [-0.1, -0.05) is 19.1 Å². The first-order valence-corrected chi connectivity index (χ1v) is 7.41. The smallest absolute Gasteiger partial charge is 0.375 e. The van der Waals surface area contributed by atoms with Crippen molar-refractivity contribution in [2.45, 2.75) is 39.7 Å². The number of para-hydroxylation sites is 1. The van der Waals surface area contributed by atoms with Crippen LogP contribution in [0.5, 0.6) is 0 Å². The van der Waals surface area contributed by atoms with Crippen LogP contribution in [0.3, 0.4) is 0 Å². The van der Waals surface area contributed by atoms with Gasteiger partial charge in [0.1, 0.15) is 0 Å². The summed E-state index contributed by atoms with van der Waals surface area (Å²) < 4.78 is 23.9. The Morgan fingerprint density at radius 1 is 1.35 bits per heavy atom. The number of halogens is 1.